The first-order chi connectivity index (χ1) is 7.33. The van der Waals surface area contributed by atoms with Crippen LogP contribution in [0.3, 0.4) is 0 Å². The number of hydrogen-bond acceptors (Lipinski definition) is 3. The molecule has 1 aromatic rings. The van der Waals surface area contributed by atoms with E-state index >= 15 is 0 Å². The topological polar surface area (TPSA) is 66.3 Å². The fourth-order valence-corrected chi connectivity index (χ4v) is 1.18. The average molecular weight is 212 g/mol. The van der Waals surface area contributed by atoms with Gasteiger partial charge in [0, 0.05) is 0 Å². The predicted octanol–water partition coefficient (Wildman–Crippen LogP) is -1.02. The number of ether oxygens (including phenoxy) is 1. The number of hydrogen-bond donors (Lipinski definition) is 3. The van der Waals surface area contributed by atoms with Crippen molar-refractivity contribution >= 4 is 0 Å². The summed E-state index contributed by atoms with van der Waals surface area (Å²) in [7, 11) is 0. The molecule has 0 saturated carbocycles. The second-order valence-electron chi connectivity index (χ2n) is 3.31. The average Bonchev–Trinajstić information content (AvgIpc) is 2.28. The van der Waals surface area contributed by atoms with Gasteiger partial charge in [0.15, 0.2) is 0 Å². The third-order valence-electron chi connectivity index (χ3n) is 1.96. The van der Waals surface area contributed by atoms with Crippen molar-refractivity contribution in [1.29, 1.82) is 0 Å². The zero-order valence-corrected chi connectivity index (χ0v) is 8.67. The maximum Gasteiger partial charge on any atom is 0.137 e. The number of para-hydroxylation sites is 1. The summed E-state index contributed by atoms with van der Waals surface area (Å²) in [5, 5.41) is 19.9. The van der Waals surface area contributed by atoms with Crippen molar-refractivity contribution in [1.82, 2.24) is 0 Å². The van der Waals surface area contributed by atoms with Crippen LogP contribution in [0.2, 0.25) is 0 Å². The van der Waals surface area contributed by atoms with E-state index in [1.165, 1.54) is 0 Å². The molecule has 0 aliphatic carbocycles. The number of aliphatic hydroxyl groups is 2. The molecule has 4 heteroatoms. The molecule has 15 heavy (non-hydrogen) atoms. The highest BCUT2D eigenvalue weighted by atomic mass is 16.5. The van der Waals surface area contributed by atoms with E-state index in [-0.39, 0.29) is 13.2 Å². The highest BCUT2D eigenvalue weighted by Crippen LogP contribution is 2.07. The Balaban J connectivity index is 2.14. The standard InChI is InChI=1S/C11H17NO3/c13-7-6-12-8-10(14)9-15-11-4-2-1-3-5-11/h1-5,10,12-14H,6-9H2/p+1/t10-/m1/s1. The van der Waals surface area contributed by atoms with Crippen LogP contribution in [0.4, 0.5) is 0 Å². The Hall–Kier alpha value is -1.10. The summed E-state index contributed by atoms with van der Waals surface area (Å²) in [5.74, 6) is 0.763. The normalized spacial score (nSPS) is 12.4. The zero-order valence-electron chi connectivity index (χ0n) is 8.67. The molecule has 0 aliphatic heterocycles. The molecule has 0 aromatic heterocycles. The molecule has 0 fully saturated rings. The SMILES string of the molecule is OCC[NH2+]C[C@@H](O)COc1ccccc1. The Bertz CT molecular complexity index is 253. The minimum atomic E-state index is -0.503. The van der Waals surface area contributed by atoms with Gasteiger partial charge in [0.1, 0.15) is 25.0 Å². The highest BCUT2D eigenvalue weighted by Gasteiger charge is 2.06. The molecule has 0 saturated heterocycles. The van der Waals surface area contributed by atoms with Gasteiger partial charge in [-0.2, -0.15) is 0 Å². The van der Waals surface area contributed by atoms with E-state index in [4.69, 9.17) is 9.84 Å². The van der Waals surface area contributed by atoms with Crippen molar-refractivity contribution in [2.75, 3.05) is 26.3 Å². The molecule has 4 nitrogen and oxygen atoms in total. The molecule has 0 aliphatic rings. The monoisotopic (exact) mass is 212 g/mol. The summed E-state index contributed by atoms with van der Waals surface area (Å²) >= 11 is 0. The number of nitrogens with two attached hydrogens (primary N) is 1. The minimum absolute atomic E-state index is 0.131. The van der Waals surface area contributed by atoms with Crippen LogP contribution in [-0.2, 0) is 0 Å². The van der Waals surface area contributed by atoms with E-state index in [1.54, 1.807) is 0 Å². The lowest BCUT2D eigenvalue weighted by atomic mass is 10.3. The molecule has 1 atom stereocenters. The van der Waals surface area contributed by atoms with Crippen molar-refractivity contribution in [2.45, 2.75) is 6.10 Å². The molecule has 0 spiro atoms. The van der Waals surface area contributed by atoms with E-state index < -0.39 is 6.10 Å². The smallest absolute Gasteiger partial charge is 0.137 e. The highest BCUT2D eigenvalue weighted by molar-refractivity contribution is 5.20. The molecular weight excluding hydrogens is 194 g/mol. The maximum absolute atomic E-state index is 9.50. The summed E-state index contributed by atoms with van der Waals surface area (Å²) in [6.07, 6.45) is -0.503. The number of benzene rings is 1. The second-order valence-corrected chi connectivity index (χ2v) is 3.31. The van der Waals surface area contributed by atoms with Gasteiger partial charge in [-0.1, -0.05) is 18.2 Å². The Labute approximate surface area is 89.5 Å². The van der Waals surface area contributed by atoms with Crippen molar-refractivity contribution in [3.8, 4) is 5.75 Å². The van der Waals surface area contributed by atoms with E-state index in [0.29, 0.717) is 13.1 Å². The summed E-state index contributed by atoms with van der Waals surface area (Å²) in [6.45, 7) is 1.58. The fraction of sp³-hybridized carbons (Fsp3) is 0.455. The van der Waals surface area contributed by atoms with Gasteiger partial charge >= 0.3 is 0 Å². The molecule has 84 valence electrons. The molecular formula is C11H18NO3+. The van der Waals surface area contributed by atoms with Crippen LogP contribution in [-0.4, -0.2) is 42.6 Å². The van der Waals surface area contributed by atoms with Crippen LogP contribution >= 0.6 is 0 Å². The van der Waals surface area contributed by atoms with E-state index in [0.717, 1.165) is 5.75 Å². The van der Waals surface area contributed by atoms with Gasteiger partial charge in [0.25, 0.3) is 0 Å². The van der Waals surface area contributed by atoms with E-state index in [9.17, 15) is 5.11 Å². The van der Waals surface area contributed by atoms with Crippen LogP contribution in [0, 0.1) is 0 Å². The molecule has 0 unspecified atom stereocenters. The first kappa shape index (κ1) is 12.0. The zero-order chi connectivity index (χ0) is 10.9. The molecule has 0 amide bonds. The van der Waals surface area contributed by atoms with Crippen molar-refractivity contribution in [3.63, 3.8) is 0 Å². The van der Waals surface area contributed by atoms with Gasteiger partial charge in [0.05, 0.1) is 13.2 Å². The van der Waals surface area contributed by atoms with Crippen LogP contribution in [0.5, 0.6) is 5.75 Å². The number of quaternary nitrogens is 1. The second kappa shape index (κ2) is 7.23. The molecule has 0 bridgehead atoms. The fourth-order valence-electron chi connectivity index (χ4n) is 1.18. The van der Waals surface area contributed by atoms with Gasteiger partial charge in [-0.25, -0.2) is 0 Å². The van der Waals surface area contributed by atoms with Crippen molar-refractivity contribution < 1.29 is 20.3 Å². The third-order valence-corrected chi connectivity index (χ3v) is 1.96. The molecule has 0 heterocycles. The molecule has 4 N–H and O–H groups in total. The van der Waals surface area contributed by atoms with Crippen molar-refractivity contribution in [2.24, 2.45) is 0 Å². The van der Waals surface area contributed by atoms with Gasteiger partial charge in [-0.15, -0.1) is 0 Å². The third kappa shape index (κ3) is 5.37. The number of rotatable bonds is 7. The van der Waals surface area contributed by atoms with Gasteiger partial charge in [-0.05, 0) is 12.1 Å². The lowest BCUT2D eigenvalue weighted by Crippen LogP contribution is -2.87. The lowest BCUT2D eigenvalue weighted by molar-refractivity contribution is -0.662. The van der Waals surface area contributed by atoms with Crippen LogP contribution in [0.25, 0.3) is 0 Å². The van der Waals surface area contributed by atoms with Crippen LogP contribution in [0.15, 0.2) is 30.3 Å². The van der Waals surface area contributed by atoms with Crippen LogP contribution in [0.1, 0.15) is 0 Å². The summed E-state index contributed by atoms with van der Waals surface area (Å²) in [5.41, 5.74) is 0. The Morgan fingerprint density at radius 2 is 2.00 bits per heavy atom. The molecule has 0 radical (unpaired) electrons. The van der Waals surface area contributed by atoms with Gasteiger partial charge in [0.2, 0.25) is 0 Å². The Morgan fingerprint density at radius 3 is 2.67 bits per heavy atom. The maximum atomic E-state index is 9.50. The first-order valence-electron chi connectivity index (χ1n) is 5.11. The van der Waals surface area contributed by atoms with Crippen LogP contribution < -0.4 is 10.1 Å². The molecule has 1 aromatic carbocycles. The van der Waals surface area contributed by atoms with E-state index in [1.807, 2.05) is 35.6 Å². The predicted molar refractivity (Wildman–Crippen MR) is 56.7 cm³/mol. The van der Waals surface area contributed by atoms with Crippen molar-refractivity contribution in [3.05, 3.63) is 30.3 Å². The number of aliphatic hydroxyl groups excluding tert-OH is 2. The van der Waals surface area contributed by atoms with Gasteiger partial charge in [-0.3, -0.25) is 0 Å². The summed E-state index contributed by atoms with van der Waals surface area (Å²) in [4.78, 5) is 0. The van der Waals surface area contributed by atoms with Gasteiger partial charge < -0.3 is 20.3 Å². The summed E-state index contributed by atoms with van der Waals surface area (Å²) < 4.78 is 5.37. The Kier molecular flexibility index (Phi) is 5.77. The minimum Gasteiger partial charge on any atom is -0.491 e. The Morgan fingerprint density at radius 1 is 1.27 bits per heavy atom. The molecule has 1 rings (SSSR count). The largest absolute Gasteiger partial charge is 0.491 e. The lowest BCUT2D eigenvalue weighted by Gasteiger charge is -2.10. The summed E-state index contributed by atoms with van der Waals surface area (Å²) in [6, 6.07) is 9.39. The first-order valence-corrected chi connectivity index (χ1v) is 5.11. The van der Waals surface area contributed by atoms with E-state index in [2.05, 4.69) is 0 Å². The quantitative estimate of drug-likeness (QED) is 0.507.